The van der Waals surface area contributed by atoms with Gasteiger partial charge in [-0.2, -0.15) is 0 Å². The number of aromatic nitrogens is 4. The van der Waals surface area contributed by atoms with Crippen molar-refractivity contribution >= 4 is 28.6 Å². The van der Waals surface area contributed by atoms with Crippen LogP contribution in [0.15, 0.2) is 84.5 Å². The molecule has 0 unspecified atom stereocenters. The van der Waals surface area contributed by atoms with E-state index in [-0.39, 0.29) is 11.7 Å². The molecule has 4 rings (SSSR count). The standard InChI is InChI=1S/C23H21N5OS/c1-2-14-28-22(20-13-12-18-10-6-7-11-19(18)25-20)26-27-23(28)30-16-21(29)24-15-17-8-4-3-5-9-17/h2-13H,1,14-16H2,(H,24,29). The van der Waals surface area contributed by atoms with Crippen LogP contribution in [0.1, 0.15) is 5.56 Å². The number of para-hydroxylation sites is 1. The first-order valence-electron chi connectivity index (χ1n) is 9.58. The Balaban J connectivity index is 1.47. The molecule has 2 heterocycles. The minimum absolute atomic E-state index is 0.0533. The Morgan fingerprint density at radius 3 is 2.67 bits per heavy atom. The number of allylic oxidation sites excluding steroid dienone is 1. The molecule has 0 radical (unpaired) electrons. The summed E-state index contributed by atoms with van der Waals surface area (Å²) in [5.74, 6) is 0.864. The summed E-state index contributed by atoms with van der Waals surface area (Å²) >= 11 is 1.35. The van der Waals surface area contributed by atoms with Crippen LogP contribution in [-0.2, 0) is 17.9 Å². The average molecular weight is 416 g/mol. The van der Waals surface area contributed by atoms with Crippen molar-refractivity contribution in [1.29, 1.82) is 0 Å². The normalized spacial score (nSPS) is 10.8. The third-order valence-electron chi connectivity index (χ3n) is 4.52. The first-order valence-corrected chi connectivity index (χ1v) is 10.6. The fraction of sp³-hybridized carbons (Fsp3) is 0.130. The molecule has 0 aliphatic carbocycles. The lowest BCUT2D eigenvalue weighted by Gasteiger charge is -2.08. The molecule has 0 atom stereocenters. The molecule has 0 bridgehead atoms. The topological polar surface area (TPSA) is 72.7 Å². The van der Waals surface area contributed by atoms with Crippen LogP contribution >= 0.6 is 11.8 Å². The zero-order chi connectivity index (χ0) is 20.8. The van der Waals surface area contributed by atoms with E-state index in [1.54, 1.807) is 6.08 Å². The molecule has 0 saturated heterocycles. The van der Waals surface area contributed by atoms with Gasteiger partial charge >= 0.3 is 0 Å². The summed E-state index contributed by atoms with van der Waals surface area (Å²) < 4.78 is 1.93. The number of benzene rings is 2. The molecule has 0 fully saturated rings. The van der Waals surface area contributed by atoms with Gasteiger partial charge in [-0.1, -0.05) is 72.4 Å². The summed E-state index contributed by atoms with van der Waals surface area (Å²) in [4.78, 5) is 17.0. The quantitative estimate of drug-likeness (QED) is 0.347. The van der Waals surface area contributed by atoms with Crippen molar-refractivity contribution < 1.29 is 4.79 Å². The van der Waals surface area contributed by atoms with E-state index in [0.717, 1.165) is 22.2 Å². The third-order valence-corrected chi connectivity index (χ3v) is 5.49. The second kappa shape index (κ2) is 9.37. The minimum Gasteiger partial charge on any atom is -0.351 e. The highest BCUT2D eigenvalue weighted by Gasteiger charge is 2.16. The van der Waals surface area contributed by atoms with Gasteiger partial charge < -0.3 is 5.32 Å². The molecule has 1 N–H and O–H groups in total. The van der Waals surface area contributed by atoms with Gasteiger partial charge in [-0.25, -0.2) is 4.98 Å². The summed E-state index contributed by atoms with van der Waals surface area (Å²) in [6, 6.07) is 21.7. The lowest BCUT2D eigenvalue weighted by atomic mass is 10.2. The number of nitrogens with zero attached hydrogens (tertiary/aromatic N) is 4. The number of hydrogen-bond donors (Lipinski definition) is 1. The van der Waals surface area contributed by atoms with Gasteiger partial charge in [0.15, 0.2) is 11.0 Å². The van der Waals surface area contributed by atoms with Crippen LogP contribution in [0.2, 0.25) is 0 Å². The fourth-order valence-electron chi connectivity index (χ4n) is 3.05. The number of carbonyl (C=O) groups is 1. The van der Waals surface area contributed by atoms with Crippen LogP contribution in [0.5, 0.6) is 0 Å². The van der Waals surface area contributed by atoms with Crippen molar-refractivity contribution in [2.75, 3.05) is 5.75 Å². The first-order chi connectivity index (χ1) is 14.7. The van der Waals surface area contributed by atoms with Crippen LogP contribution in [-0.4, -0.2) is 31.4 Å². The largest absolute Gasteiger partial charge is 0.351 e. The second-order valence-corrected chi connectivity index (χ2v) is 7.59. The summed E-state index contributed by atoms with van der Waals surface area (Å²) in [6.07, 6.45) is 1.79. The Labute approximate surface area is 179 Å². The lowest BCUT2D eigenvalue weighted by molar-refractivity contribution is -0.118. The zero-order valence-electron chi connectivity index (χ0n) is 16.4. The summed E-state index contributed by atoms with van der Waals surface area (Å²) in [6.45, 7) is 4.87. The maximum absolute atomic E-state index is 12.3. The highest BCUT2D eigenvalue weighted by molar-refractivity contribution is 7.99. The van der Waals surface area contributed by atoms with Gasteiger partial charge in [0.25, 0.3) is 0 Å². The Hall–Kier alpha value is -3.45. The number of amides is 1. The molecule has 7 heteroatoms. The first kappa shape index (κ1) is 19.8. The number of rotatable bonds is 8. The summed E-state index contributed by atoms with van der Waals surface area (Å²) in [5.41, 5.74) is 2.71. The van der Waals surface area contributed by atoms with E-state index in [4.69, 9.17) is 4.98 Å². The van der Waals surface area contributed by atoms with Crippen LogP contribution in [0.3, 0.4) is 0 Å². The number of carbonyl (C=O) groups excluding carboxylic acids is 1. The number of pyridine rings is 1. The second-order valence-electron chi connectivity index (χ2n) is 6.65. The van der Waals surface area contributed by atoms with Crippen molar-refractivity contribution in [3.8, 4) is 11.5 Å². The van der Waals surface area contributed by atoms with Gasteiger partial charge in [-0.3, -0.25) is 9.36 Å². The van der Waals surface area contributed by atoms with Crippen LogP contribution < -0.4 is 5.32 Å². The molecule has 4 aromatic rings. The highest BCUT2D eigenvalue weighted by atomic mass is 32.2. The molecule has 6 nitrogen and oxygen atoms in total. The number of fused-ring (bicyclic) bond motifs is 1. The molecule has 2 aromatic heterocycles. The Morgan fingerprint density at radius 1 is 1.03 bits per heavy atom. The maximum atomic E-state index is 12.3. The van der Waals surface area contributed by atoms with Gasteiger partial charge in [0, 0.05) is 18.5 Å². The van der Waals surface area contributed by atoms with E-state index >= 15 is 0 Å². The van der Waals surface area contributed by atoms with E-state index in [2.05, 4.69) is 22.1 Å². The predicted molar refractivity (Wildman–Crippen MR) is 120 cm³/mol. The SMILES string of the molecule is C=CCn1c(SCC(=O)NCc2ccccc2)nnc1-c1ccc2ccccc2n1. The van der Waals surface area contributed by atoms with Crippen LogP contribution in [0.4, 0.5) is 0 Å². The summed E-state index contributed by atoms with van der Waals surface area (Å²) in [5, 5.41) is 13.3. The minimum atomic E-state index is -0.0533. The smallest absolute Gasteiger partial charge is 0.230 e. The van der Waals surface area contributed by atoms with E-state index in [0.29, 0.717) is 24.1 Å². The Morgan fingerprint density at radius 2 is 1.83 bits per heavy atom. The van der Waals surface area contributed by atoms with E-state index in [1.807, 2.05) is 71.3 Å². The third kappa shape index (κ3) is 4.58. The van der Waals surface area contributed by atoms with Crippen molar-refractivity contribution in [2.24, 2.45) is 0 Å². The van der Waals surface area contributed by atoms with Crippen molar-refractivity contribution in [3.63, 3.8) is 0 Å². The van der Waals surface area contributed by atoms with E-state index in [9.17, 15) is 4.79 Å². The molecule has 30 heavy (non-hydrogen) atoms. The molecular formula is C23H21N5OS. The molecular weight excluding hydrogens is 394 g/mol. The zero-order valence-corrected chi connectivity index (χ0v) is 17.2. The van der Waals surface area contributed by atoms with Gasteiger partial charge in [0.05, 0.1) is 11.3 Å². The predicted octanol–water partition coefficient (Wildman–Crippen LogP) is 4.09. The Kier molecular flexibility index (Phi) is 6.20. The van der Waals surface area contributed by atoms with E-state index in [1.165, 1.54) is 11.8 Å². The van der Waals surface area contributed by atoms with Gasteiger partial charge in [0.2, 0.25) is 5.91 Å². The molecule has 0 spiro atoms. The van der Waals surface area contributed by atoms with Gasteiger partial charge in [-0.05, 0) is 17.7 Å². The molecule has 0 saturated carbocycles. The van der Waals surface area contributed by atoms with Gasteiger partial charge in [-0.15, -0.1) is 16.8 Å². The Bertz CT molecular complexity index is 1170. The van der Waals surface area contributed by atoms with Gasteiger partial charge in [0.1, 0.15) is 5.69 Å². The van der Waals surface area contributed by atoms with Crippen molar-refractivity contribution in [1.82, 2.24) is 25.1 Å². The molecule has 150 valence electrons. The molecule has 0 aliphatic rings. The van der Waals surface area contributed by atoms with Crippen LogP contribution in [0.25, 0.3) is 22.4 Å². The van der Waals surface area contributed by atoms with Crippen molar-refractivity contribution in [2.45, 2.75) is 18.2 Å². The number of thioether (sulfide) groups is 1. The fourth-order valence-corrected chi connectivity index (χ4v) is 3.82. The molecule has 2 aromatic carbocycles. The lowest BCUT2D eigenvalue weighted by Crippen LogP contribution is -2.24. The highest BCUT2D eigenvalue weighted by Crippen LogP contribution is 2.24. The number of nitrogens with one attached hydrogen (secondary N) is 1. The summed E-state index contributed by atoms with van der Waals surface area (Å²) in [7, 11) is 0. The number of hydrogen-bond acceptors (Lipinski definition) is 5. The maximum Gasteiger partial charge on any atom is 0.230 e. The average Bonchev–Trinajstić information content (AvgIpc) is 3.19. The molecule has 1 amide bonds. The van der Waals surface area contributed by atoms with Crippen LogP contribution in [0, 0.1) is 0 Å². The monoisotopic (exact) mass is 415 g/mol. The van der Waals surface area contributed by atoms with E-state index < -0.39 is 0 Å². The molecule has 0 aliphatic heterocycles. The van der Waals surface area contributed by atoms with Crippen molar-refractivity contribution in [3.05, 3.63) is 84.9 Å².